The van der Waals surface area contributed by atoms with E-state index in [9.17, 15) is 0 Å². The first-order valence-electron chi connectivity index (χ1n) is 4.89. The van der Waals surface area contributed by atoms with Crippen LogP contribution >= 0.6 is 0 Å². The molecule has 0 bridgehead atoms. The maximum atomic E-state index is 3.60. The lowest BCUT2D eigenvalue weighted by molar-refractivity contribution is 0.144. The average molecular weight is 154 g/mol. The van der Waals surface area contributed by atoms with E-state index in [1.807, 2.05) is 0 Å². The Morgan fingerprint density at radius 1 is 1.45 bits per heavy atom. The lowest BCUT2D eigenvalue weighted by Gasteiger charge is -2.37. The van der Waals surface area contributed by atoms with Gasteiger partial charge in [-0.15, -0.1) is 0 Å². The number of nitrogens with zero attached hydrogens (tertiary/aromatic N) is 1. The summed E-state index contributed by atoms with van der Waals surface area (Å²) in [5.41, 5.74) is 0. The van der Waals surface area contributed by atoms with Crippen molar-refractivity contribution < 1.29 is 0 Å². The second kappa shape index (κ2) is 3.11. The molecule has 0 aromatic carbocycles. The van der Waals surface area contributed by atoms with Crippen molar-refractivity contribution in [1.82, 2.24) is 10.2 Å². The van der Waals surface area contributed by atoms with Crippen LogP contribution in [0.4, 0.5) is 0 Å². The number of piperazine rings is 1. The maximum Gasteiger partial charge on any atom is 0.0249 e. The molecule has 0 unspecified atom stereocenters. The number of nitrogens with one attached hydrogen (secondary N) is 1. The summed E-state index contributed by atoms with van der Waals surface area (Å²) in [6, 6.07) is 1.69. The van der Waals surface area contributed by atoms with Crippen molar-refractivity contribution in [1.29, 1.82) is 0 Å². The van der Waals surface area contributed by atoms with Crippen molar-refractivity contribution >= 4 is 0 Å². The van der Waals surface area contributed by atoms with Gasteiger partial charge in [0.2, 0.25) is 0 Å². The van der Waals surface area contributed by atoms with Crippen molar-refractivity contribution in [3.05, 3.63) is 0 Å². The van der Waals surface area contributed by atoms with Crippen LogP contribution in [0, 0.1) is 0 Å². The van der Waals surface area contributed by atoms with Crippen LogP contribution in [0.5, 0.6) is 0 Å². The quantitative estimate of drug-likeness (QED) is 0.602. The minimum Gasteiger partial charge on any atom is -0.311 e. The summed E-state index contributed by atoms with van der Waals surface area (Å²) < 4.78 is 0. The molecule has 0 aromatic rings. The highest BCUT2D eigenvalue weighted by Crippen LogP contribution is 2.25. The Morgan fingerprint density at radius 2 is 2.36 bits per heavy atom. The van der Waals surface area contributed by atoms with Gasteiger partial charge in [-0.25, -0.2) is 0 Å². The van der Waals surface area contributed by atoms with Gasteiger partial charge in [-0.2, -0.15) is 0 Å². The number of hydrogen-bond donors (Lipinski definition) is 1. The standard InChI is InChI=1S/C9H18N2/c1-2-11-7-6-10-8-4-3-5-9(8)11/h8-10H,2-7H2,1H3/t8-,9-/m1/s1. The normalized spacial score (nSPS) is 39.0. The predicted octanol–water partition coefficient (Wildman–Crippen LogP) is 0.833. The molecule has 0 aromatic heterocycles. The minimum atomic E-state index is 0.823. The molecule has 1 aliphatic carbocycles. The summed E-state index contributed by atoms with van der Waals surface area (Å²) in [4.78, 5) is 2.63. The molecule has 2 atom stereocenters. The molecule has 2 nitrogen and oxygen atoms in total. The van der Waals surface area contributed by atoms with Gasteiger partial charge < -0.3 is 5.32 Å². The third kappa shape index (κ3) is 1.30. The van der Waals surface area contributed by atoms with Gasteiger partial charge in [-0.1, -0.05) is 13.3 Å². The summed E-state index contributed by atoms with van der Waals surface area (Å²) in [7, 11) is 0. The zero-order chi connectivity index (χ0) is 7.68. The van der Waals surface area contributed by atoms with Crippen molar-refractivity contribution in [2.45, 2.75) is 38.3 Å². The molecule has 2 aliphatic rings. The number of rotatable bonds is 1. The van der Waals surface area contributed by atoms with Crippen LogP contribution < -0.4 is 5.32 Å². The van der Waals surface area contributed by atoms with E-state index in [1.54, 1.807) is 0 Å². The monoisotopic (exact) mass is 154 g/mol. The first-order valence-corrected chi connectivity index (χ1v) is 4.89. The van der Waals surface area contributed by atoms with E-state index in [0.717, 1.165) is 12.1 Å². The van der Waals surface area contributed by atoms with Crippen LogP contribution in [-0.4, -0.2) is 36.6 Å². The van der Waals surface area contributed by atoms with Crippen LogP contribution in [0.25, 0.3) is 0 Å². The molecule has 1 heterocycles. The van der Waals surface area contributed by atoms with Gasteiger partial charge in [-0.05, 0) is 19.4 Å². The number of fused-ring (bicyclic) bond motifs is 1. The molecule has 0 amide bonds. The molecule has 1 N–H and O–H groups in total. The summed E-state index contributed by atoms with van der Waals surface area (Å²) in [6.45, 7) is 5.98. The minimum absolute atomic E-state index is 0.823. The molecule has 1 saturated carbocycles. The van der Waals surface area contributed by atoms with E-state index in [-0.39, 0.29) is 0 Å². The molecular formula is C9H18N2. The Hall–Kier alpha value is -0.0800. The van der Waals surface area contributed by atoms with Crippen molar-refractivity contribution in [2.24, 2.45) is 0 Å². The topological polar surface area (TPSA) is 15.3 Å². The van der Waals surface area contributed by atoms with E-state index >= 15 is 0 Å². The van der Waals surface area contributed by atoms with E-state index in [0.29, 0.717) is 0 Å². The van der Waals surface area contributed by atoms with Crippen LogP contribution in [0.15, 0.2) is 0 Å². The molecule has 2 rings (SSSR count). The maximum absolute atomic E-state index is 3.60. The van der Waals surface area contributed by atoms with Crippen molar-refractivity contribution in [3.63, 3.8) is 0 Å². The highest BCUT2D eigenvalue weighted by molar-refractivity contribution is 4.93. The van der Waals surface area contributed by atoms with Gasteiger partial charge >= 0.3 is 0 Å². The fourth-order valence-corrected chi connectivity index (χ4v) is 2.57. The van der Waals surface area contributed by atoms with Crippen molar-refractivity contribution in [3.8, 4) is 0 Å². The zero-order valence-corrected chi connectivity index (χ0v) is 7.34. The second-order valence-corrected chi connectivity index (χ2v) is 3.69. The zero-order valence-electron chi connectivity index (χ0n) is 7.34. The lowest BCUT2D eigenvalue weighted by Crippen LogP contribution is -2.55. The fraction of sp³-hybridized carbons (Fsp3) is 1.00. The van der Waals surface area contributed by atoms with Gasteiger partial charge in [-0.3, -0.25) is 4.90 Å². The first kappa shape index (κ1) is 7.56. The van der Waals surface area contributed by atoms with Crippen molar-refractivity contribution in [2.75, 3.05) is 19.6 Å². The fourth-order valence-electron chi connectivity index (χ4n) is 2.57. The van der Waals surface area contributed by atoms with Gasteiger partial charge in [0.25, 0.3) is 0 Å². The molecule has 11 heavy (non-hydrogen) atoms. The molecule has 1 aliphatic heterocycles. The highest BCUT2D eigenvalue weighted by Gasteiger charge is 2.33. The summed E-state index contributed by atoms with van der Waals surface area (Å²) in [5, 5.41) is 3.60. The van der Waals surface area contributed by atoms with Gasteiger partial charge in [0.15, 0.2) is 0 Å². The molecule has 0 spiro atoms. The Morgan fingerprint density at radius 3 is 3.18 bits per heavy atom. The molecule has 2 fully saturated rings. The van der Waals surface area contributed by atoms with Gasteiger partial charge in [0.1, 0.15) is 0 Å². The summed E-state index contributed by atoms with van der Waals surface area (Å²) in [5.74, 6) is 0. The Bertz CT molecular complexity index is 136. The third-order valence-corrected chi connectivity index (χ3v) is 3.16. The largest absolute Gasteiger partial charge is 0.311 e. The Labute approximate surface area is 69.0 Å². The Balaban J connectivity index is 2.00. The van der Waals surface area contributed by atoms with Crippen LogP contribution in [-0.2, 0) is 0 Å². The number of likely N-dealkylation sites (N-methyl/N-ethyl adjacent to an activating group) is 1. The van der Waals surface area contributed by atoms with E-state index in [2.05, 4.69) is 17.1 Å². The number of hydrogen-bond acceptors (Lipinski definition) is 2. The highest BCUT2D eigenvalue weighted by atomic mass is 15.2. The second-order valence-electron chi connectivity index (χ2n) is 3.69. The molecule has 64 valence electrons. The first-order chi connectivity index (χ1) is 5.42. The van der Waals surface area contributed by atoms with E-state index in [1.165, 1.54) is 38.9 Å². The van der Waals surface area contributed by atoms with Gasteiger partial charge in [0, 0.05) is 25.2 Å². The van der Waals surface area contributed by atoms with E-state index in [4.69, 9.17) is 0 Å². The van der Waals surface area contributed by atoms with Crippen LogP contribution in [0.3, 0.4) is 0 Å². The van der Waals surface area contributed by atoms with Crippen LogP contribution in [0.1, 0.15) is 26.2 Å². The molecule has 0 radical (unpaired) electrons. The Kier molecular flexibility index (Phi) is 2.14. The third-order valence-electron chi connectivity index (χ3n) is 3.16. The SMILES string of the molecule is CCN1CCN[C@@H]2CCC[C@H]21. The predicted molar refractivity (Wildman–Crippen MR) is 46.7 cm³/mol. The van der Waals surface area contributed by atoms with Gasteiger partial charge in [0.05, 0.1) is 0 Å². The molecule has 1 saturated heterocycles. The van der Waals surface area contributed by atoms with Crippen LogP contribution in [0.2, 0.25) is 0 Å². The molecular weight excluding hydrogens is 136 g/mol. The van der Waals surface area contributed by atoms with E-state index < -0.39 is 0 Å². The summed E-state index contributed by atoms with van der Waals surface area (Å²) >= 11 is 0. The summed E-state index contributed by atoms with van der Waals surface area (Å²) in [6.07, 6.45) is 4.26. The smallest absolute Gasteiger partial charge is 0.0249 e. The average Bonchev–Trinajstić information content (AvgIpc) is 2.50. The molecule has 2 heteroatoms. The lowest BCUT2D eigenvalue weighted by atomic mass is 10.1.